The van der Waals surface area contributed by atoms with Crippen molar-refractivity contribution >= 4 is 79.0 Å². The Kier molecular flexibility index (Phi) is 16.4. The van der Waals surface area contributed by atoms with Crippen molar-refractivity contribution in [1.82, 2.24) is 4.57 Å². The Labute approximate surface area is 816 Å². The summed E-state index contributed by atoms with van der Waals surface area (Å²) in [6.45, 7) is 69.3. The Morgan fingerprint density at radius 1 is 0.231 bits per heavy atom. The molecule has 14 aromatic rings. The molecule has 16 rings (SSSR count). The molecular formula is C126H148BN3. The highest BCUT2D eigenvalue weighted by molar-refractivity contribution is 7.00. The fourth-order valence-electron chi connectivity index (χ4n) is 18.4. The summed E-state index contributed by atoms with van der Waals surface area (Å²) in [5.74, 6) is 0. The fourth-order valence-corrected chi connectivity index (χ4v) is 18.4. The first-order chi connectivity index (χ1) is 69.7. The Bertz CT molecular complexity index is 8020. The molecule has 0 bridgehead atoms. The van der Waals surface area contributed by atoms with Crippen molar-refractivity contribution < 1.29 is 31.5 Å². The molecule has 2 aliphatic heterocycles. The molecule has 4 heteroatoms. The van der Waals surface area contributed by atoms with Crippen LogP contribution >= 0.6 is 0 Å². The smallest absolute Gasteiger partial charge is 0.252 e. The molecule has 0 spiro atoms. The lowest BCUT2D eigenvalue weighted by atomic mass is 9.33. The lowest BCUT2D eigenvalue weighted by Gasteiger charge is -2.47. The second kappa shape index (κ2) is 31.5. The normalized spacial score (nSPS) is 16.4. The quantitative estimate of drug-likeness (QED) is 0.133. The third-order valence-electron chi connectivity index (χ3n) is 26.0. The van der Waals surface area contributed by atoms with Gasteiger partial charge in [-0.1, -0.05) is 413 Å². The van der Waals surface area contributed by atoms with Crippen LogP contribution in [0, 0.1) is 0 Å². The molecule has 0 amide bonds. The maximum absolute atomic E-state index is 12.1. The molecule has 670 valence electrons. The Morgan fingerprint density at radius 3 is 0.915 bits per heavy atom. The first-order valence-corrected chi connectivity index (χ1v) is 46.5. The van der Waals surface area contributed by atoms with E-state index in [2.05, 4.69) is 148 Å². The summed E-state index contributed by atoms with van der Waals surface area (Å²) >= 11 is 0. The highest BCUT2D eigenvalue weighted by Gasteiger charge is 2.48. The van der Waals surface area contributed by atoms with Crippen LogP contribution in [0.5, 0.6) is 0 Å². The Morgan fingerprint density at radius 2 is 0.562 bits per heavy atom. The molecule has 0 radical (unpaired) electrons. The van der Waals surface area contributed by atoms with Gasteiger partial charge in [0.2, 0.25) is 0 Å². The third-order valence-corrected chi connectivity index (χ3v) is 26.0. The van der Waals surface area contributed by atoms with Crippen LogP contribution in [0.3, 0.4) is 0 Å². The van der Waals surface area contributed by atoms with Crippen LogP contribution in [0.4, 0.5) is 34.1 Å². The molecule has 2 aliphatic rings. The summed E-state index contributed by atoms with van der Waals surface area (Å²) in [6.07, 6.45) is 0. The SMILES string of the molecule is [2H]c1c([2H])c([2H])c(-c2ccc3c(c2)N(c2c(-c4c([2H])c([2H])c(C(C)(C)C)c([2H])c4[2H])c([2H])c(C(C)(C)C)c([2H])c2-c2c(C(C)(C)C)c([2H])c([2H])c([2H])c2C(C)(C)C)c2cc(-c4cc(C(C)(C)C)cc(C(C)(C)C)c4)cc4c2B3c2ccc(-n3c5ccc(C(C)(C)C)cc5c5cc(C(C)(C)C)ccc53)cc2N4c2c(-c3c([2H])c([2H])c(C(C)(C)C)c([2H])c3[2H])c([2H])c(C(C)(C)C)c([2H])c2-c2c(C(C)(C)C)c([2H])c([2H])c([2H])c2C(C)(C)C)c([2H])c1[2H]. The molecule has 0 saturated heterocycles. The van der Waals surface area contributed by atoms with Gasteiger partial charge in [0.25, 0.3) is 6.71 Å². The van der Waals surface area contributed by atoms with E-state index in [-0.39, 0.29) is 176 Å². The first kappa shape index (κ1) is 67.5. The molecule has 0 unspecified atom stereocenters. The Hall–Kier alpha value is -10.7. The highest BCUT2D eigenvalue weighted by Crippen LogP contribution is 2.60. The highest BCUT2D eigenvalue weighted by atomic mass is 15.2. The van der Waals surface area contributed by atoms with E-state index in [4.69, 9.17) is 0 Å². The lowest BCUT2D eigenvalue weighted by molar-refractivity contribution is 0.569. The summed E-state index contributed by atoms with van der Waals surface area (Å²) in [6, 6.07) is 24.1. The topological polar surface area (TPSA) is 11.4 Å². The van der Waals surface area contributed by atoms with Crippen LogP contribution in [0.15, 0.2) is 242 Å². The maximum Gasteiger partial charge on any atom is 0.252 e. The zero-order valence-corrected chi connectivity index (χ0v) is 84.2. The van der Waals surface area contributed by atoms with Gasteiger partial charge in [0.05, 0.1) is 53.9 Å². The number of nitrogens with zero attached hydrogens (tertiary/aromatic N) is 3. The maximum atomic E-state index is 12.1. The van der Waals surface area contributed by atoms with Gasteiger partial charge in [-0.15, -0.1) is 0 Å². The minimum Gasteiger partial charge on any atom is -0.310 e. The summed E-state index contributed by atoms with van der Waals surface area (Å²) in [5, 5.41) is 1.86. The molecule has 3 nitrogen and oxygen atoms in total. The van der Waals surface area contributed by atoms with Crippen LogP contribution in [0.2, 0.25) is 0 Å². The molecule has 0 fully saturated rings. The number of anilines is 6. The van der Waals surface area contributed by atoms with Gasteiger partial charge in [0.15, 0.2) is 0 Å². The third kappa shape index (κ3) is 17.0. The van der Waals surface area contributed by atoms with Gasteiger partial charge in [0, 0.05) is 61.5 Å². The van der Waals surface area contributed by atoms with Crippen LogP contribution in [-0.2, 0) is 65.0 Å². The zero-order chi connectivity index (χ0) is 115. The molecule has 0 aliphatic carbocycles. The fraction of sp³-hybridized carbons (Fsp3) is 0.381. The van der Waals surface area contributed by atoms with Crippen molar-refractivity contribution in [3.63, 3.8) is 0 Å². The van der Waals surface area contributed by atoms with Gasteiger partial charge in [0.1, 0.15) is 0 Å². The molecule has 0 N–H and O–H groups in total. The Balaban J connectivity index is 1.34. The largest absolute Gasteiger partial charge is 0.310 e. The number of hydrogen-bond acceptors (Lipinski definition) is 2. The van der Waals surface area contributed by atoms with Crippen LogP contribution in [-0.4, -0.2) is 11.3 Å². The molecule has 13 aromatic carbocycles. The second-order valence-electron chi connectivity index (χ2n) is 49.1. The van der Waals surface area contributed by atoms with Gasteiger partial charge in [-0.05, 0) is 271 Å². The summed E-state index contributed by atoms with van der Waals surface area (Å²) in [5.41, 5.74) is -2.90. The average Bonchev–Trinajstić information content (AvgIpc) is 0.976. The predicted octanol–water partition coefficient (Wildman–Crippen LogP) is 34.4. The van der Waals surface area contributed by atoms with Crippen LogP contribution < -0.4 is 26.2 Å². The lowest BCUT2D eigenvalue weighted by Crippen LogP contribution is -2.61. The van der Waals surface area contributed by atoms with E-state index >= 15 is 0 Å². The van der Waals surface area contributed by atoms with Gasteiger partial charge in [-0.2, -0.15) is 0 Å². The number of fused-ring (bicyclic) bond motifs is 7. The average molecular weight is 1740 g/mol. The van der Waals surface area contributed by atoms with Gasteiger partial charge < -0.3 is 14.4 Å². The molecular weight excluding hydrogens is 1570 g/mol. The molecule has 0 atom stereocenters. The van der Waals surface area contributed by atoms with Crippen molar-refractivity contribution in [1.29, 1.82) is 0 Å². The van der Waals surface area contributed by atoms with E-state index in [1.165, 1.54) is 0 Å². The molecule has 0 saturated carbocycles. The standard InChI is InChI=1S/C126H148BN3/c1-115(2,3)83-53-48-78(49-54-83)92-72-89(121(19,20)21)74-96(110-98(123(25,26)27)44-40-45-99(110)124(28,29)30)113(92)129-106-66-80(77-42-38-37-39-43-77)52-60-102(106)127-103-61-59-91(128-104-62-57-85(117(7,8)9)70-94(104)95-71-86(118(10,11)12)58-63-105(95)128)76-107(103)130(109-68-82(67-108(129)112(109)127)81-64-87(119(13,14)15)69-88(65-81)120(16,17)18)114-93(79-50-55-84(56-51-79)116(4,5)6)73-90(122(22,23)24)75-97(114)111-100(125(31,32)33)46-41-47-101(111)126(34,35)36/h37-76H,1-36H3/i37D,38D,39D,40D,41D,42D,43D,44D,45D,46D,47D,48D,49D,50D,51D,53D,54D,55D,56D,72D,73D,74D,75D. The summed E-state index contributed by atoms with van der Waals surface area (Å²) in [4.78, 5) is 3.81. The minimum absolute atomic E-state index is 0.0161. The monoisotopic (exact) mass is 1740 g/mol. The predicted molar refractivity (Wildman–Crippen MR) is 572 cm³/mol. The number of aromatic nitrogens is 1. The van der Waals surface area contributed by atoms with Crippen molar-refractivity contribution in [2.45, 2.75) is 314 Å². The van der Waals surface area contributed by atoms with E-state index in [0.717, 1.165) is 44.1 Å². The first-order valence-electron chi connectivity index (χ1n) is 58.0. The van der Waals surface area contributed by atoms with Crippen molar-refractivity contribution in [3.05, 3.63) is 309 Å². The molecule has 3 heterocycles. The van der Waals surface area contributed by atoms with Crippen LogP contribution in [0.1, 0.15) is 348 Å². The van der Waals surface area contributed by atoms with Crippen molar-refractivity contribution in [3.8, 4) is 72.4 Å². The van der Waals surface area contributed by atoms with Gasteiger partial charge in [-0.3, -0.25) is 0 Å². The van der Waals surface area contributed by atoms with E-state index in [0.29, 0.717) is 38.9 Å². The van der Waals surface area contributed by atoms with Crippen molar-refractivity contribution in [2.24, 2.45) is 0 Å². The van der Waals surface area contributed by atoms with Crippen molar-refractivity contribution in [2.75, 3.05) is 9.80 Å². The number of benzene rings is 13. The molecule has 130 heavy (non-hydrogen) atoms. The van der Waals surface area contributed by atoms with Crippen LogP contribution in [0.25, 0.3) is 94.3 Å². The molecule has 1 aromatic heterocycles. The van der Waals surface area contributed by atoms with E-state index < -0.39 is 163 Å². The number of hydrogen-bond donors (Lipinski definition) is 0. The zero-order valence-electron chi connectivity index (χ0n) is 107. The number of rotatable bonds is 9. The van der Waals surface area contributed by atoms with Gasteiger partial charge >= 0.3 is 0 Å². The van der Waals surface area contributed by atoms with E-state index in [9.17, 15) is 31.5 Å². The van der Waals surface area contributed by atoms with E-state index in [1.54, 1.807) is 32.9 Å². The minimum atomic E-state index is -1.29. The van der Waals surface area contributed by atoms with E-state index in [1.807, 2.05) is 186 Å². The summed E-state index contributed by atoms with van der Waals surface area (Å²) < 4.78 is 249. The van der Waals surface area contributed by atoms with Gasteiger partial charge in [-0.25, -0.2) is 0 Å². The summed E-state index contributed by atoms with van der Waals surface area (Å²) in [7, 11) is 0. The second-order valence-corrected chi connectivity index (χ2v) is 49.1.